The molecule has 0 aromatic carbocycles. The Morgan fingerprint density at radius 2 is 2.43 bits per heavy atom. The van der Waals surface area contributed by atoms with E-state index in [4.69, 9.17) is 0 Å². The molecule has 7 heavy (non-hydrogen) atoms. The molecule has 0 bridgehead atoms. The second-order valence-electron chi connectivity index (χ2n) is 1.58. The van der Waals surface area contributed by atoms with Crippen LogP contribution in [0.5, 0.6) is 0 Å². The highest BCUT2D eigenvalue weighted by Gasteiger charge is 2.06. The molecule has 0 aliphatic carbocycles. The van der Waals surface area contributed by atoms with Crippen LogP contribution in [0.4, 0.5) is 0 Å². The van der Waals surface area contributed by atoms with Crippen molar-refractivity contribution in [2.75, 3.05) is 18.6 Å². The lowest BCUT2D eigenvalue weighted by molar-refractivity contribution is 1.07. The van der Waals surface area contributed by atoms with Crippen molar-refractivity contribution in [3.05, 3.63) is 11.8 Å². The lowest BCUT2D eigenvalue weighted by atomic mass is 10.4. The van der Waals surface area contributed by atoms with Crippen LogP contribution in [0.2, 0.25) is 0 Å². The van der Waals surface area contributed by atoms with Gasteiger partial charge in [0.1, 0.15) is 0 Å². The Morgan fingerprint density at radius 3 is 2.57 bits per heavy atom. The van der Waals surface area contributed by atoms with Gasteiger partial charge in [0.15, 0.2) is 0 Å². The minimum absolute atomic E-state index is 1.24. The molecular weight excluding hydrogens is 106 g/mol. The molecule has 0 radical (unpaired) electrons. The molecular formula is C5H9NS. The van der Waals surface area contributed by atoms with Crippen molar-refractivity contribution in [3.8, 4) is 0 Å². The lowest BCUT2D eigenvalue weighted by Gasteiger charge is -2.14. The van der Waals surface area contributed by atoms with Gasteiger partial charge in [-0.2, -0.15) is 11.8 Å². The second kappa shape index (κ2) is 2.26. The zero-order valence-corrected chi connectivity index (χ0v) is 5.22. The molecule has 0 amide bonds. The fourth-order valence-corrected chi connectivity index (χ4v) is 1.11. The summed E-state index contributed by atoms with van der Waals surface area (Å²) < 4.78 is 0. The molecule has 1 N–H and O–H groups in total. The first-order valence-electron chi connectivity index (χ1n) is 2.36. The van der Waals surface area contributed by atoms with Crippen LogP contribution in [0.1, 0.15) is 0 Å². The van der Waals surface area contributed by atoms with E-state index in [1.165, 1.54) is 17.1 Å². The summed E-state index contributed by atoms with van der Waals surface area (Å²) >= 11 is 1.98. The first-order valence-corrected chi connectivity index (χ1v) is 3.52. The van der Waals surface area contributed by atoms with Gasteiger partial charge in [0.05, 0.1) is 0 Å². The second-order valence-corrected chi connectivity index (χ2v) is 2.57. The summed E-state index contributed by atoms with van der Waals surface area (Å²) in [6.45, 7) is 0. The van der Waals surface area contributed by atoms with E-state index in [2.05, 4.69) is 11.5 Å². The van der Waals surface area contributed by atoms with Gasteiger partial charge in [-0.1, -0.05) is 0 Å². The number of thioether (sulfide) groups is 1. The topological polar surface area (TPSA) is 12.0 Å². The van der Waals surface area contributed by atoms with Crippen molar-refractivity contribution in [3.63, 3.8) is 0 Å². The molecule has 0 saturated carbocycles. The zero-order chi connectivity index (χ0) is 5.11. The molecule has 1 nitrogen and oxygen atoms in total. The fraction of sp³-hybridized carbons (Fsp3) is 0.600. The Hall–Kier alpha value is -0.110. The van der Waals surface area contributed by atoms with Gasteiger partial charge < -0.3 is 5.32 Å². The molecule has 1 heterocycles. The predicted octanol–water partition coefficient (Wildman–Crippen LogP) is 0.837. The Labute approximate surface area is 48.2 Å². The van der Waals surface area contributed by atoms with Gasteiger partial charge in [-0.15, -0.1) is 0 Å². The van der Waals surface area contributed by atoms with Crippen LogP contribution in [-0.4, -0.2) is 18.6 Å². The van der Waals surface area contributed by atoms with Crippen LogP contribution in [0.25, 0.3) is 0 Å². The number of hydrogen-bond acceptors (Lipinski definition) is 2. The molecule has 2 heteroatoms. The molecule has 1 fully saturated rings. The van der Waals surface area contributed by atoms with Crippen LogP contribution in [0.15, 0.2) is 11.8 Å². The van der Waals surface area contributed by atoms with Crippen LogP contribution < -0.4 is 5.32 Å². The van der Waals surface area contributed by atoms with E-state index in [-0.39, 0.29) is 0 Å². The van der Waals surface area contributed by atoms with E-state index in [9.17, 15) is 0 Å². The normalized spacial score (nSPS) is 18.1. The van der Waals surface area contributed by atoms with Crippen molar-refractivity contribution in [1.29, 1.82) is 0 Å². The zero-order valence-electron chi connectivity index (χ0n) is 4.40. The minimum atomic E-state index is 1.24. The van der Waals surface area contributed by atoms with Crippen molar-refractivity contribution < 1.29 is 0 Å². The van der Waals surface area contributed by atoms with Crippen LogP contribution in [0, 0.1) is 0 Å². The molecule has 1 aliphatic rings. The van der Waals surface area contributed by atoms with Crippen molar-refractivity contribution in [2.45, 2.75) is 0 Å². The van der Waals surface area contributed by atoms with Gasteiger partial charge in [0.25, 0.3) is 0 Å². The summed E-state index contributed by atoms with van der Waals surface area (Å²) in [6, 6.07) is 0. The largest absolute Gasteiger partial charge is 0.394 e. The van der Waals surface area contributed by atoms with Gasteiger partial charge in [-0.3, -0.25) is 0 Å². The van der Waals surface area contributed by atoms with Crippen molar-refractivity contribution in [2.24, 2.45) is 0 Å². The summed E-state index contributed by atoms with van der Waals surface area (Å²) in [6.07, 6.45) is 2.08. The molecule has 1 saturated heterocycles. The summed E-state index contributed by atoms with van der Waals surface area (Å²) in [4.78, 5) is 0. The Kier molecular flexibility index (Phi) is 1.63. The van der Waals surface area contributed by atoms with E-state index in [1.54, 1.807) is 0 Å². The Morgan fingerprint density at radius 1 is 1.71 bits per heavy atom. The average Bonchev–Trinajstić information content (AvgIpc) is 1.55. The monoisotopic (exact) mass is 115 g/mol. The number of hydrogen-bond donors (Lipinski definition) is 1. The third-order valence-corrected chi connectivity index (χ3v) is 2.07. The fourth-order valence-electron chi connectivity index (χ4n) is 0.507. The third-order valence-electron chi connectivity index (χ3n) is 0.923. The number of rotatable bonds is 1. The van der Waals surface area contributed by atoms with Crippen LogP contribution >= 0.6 is 11.8 Å². The molecule has 0 aromatic heterocycles. The van der Waals surface area contributed by atoms with Gasteiger partial charge in [-0.25, -0.2) is 0 Å². The van der Waals surface area contributed by atoms with Crippen LogP contribution in [0.3, 0.4) is 0 Å². The van der Waals surface area contributed by atoms with Crippen LogP contribution in [-0.2, 0) is 0 Å². The van der Waals surface area contributed by atoms with E-state index >= 15 is 0 Å². The van der Waals surface area contributed by atoms with Crippen molar-refractivity contribution in [1.82, 2.24) is 5.32 Å². The van der Waals surface area contributed by atoms with Gasteiger partial charge in [0, 0.05) is 18.6 Å². The highest BCUT2D eigenvalue weighted by molar-refractivity contribution is 8.01. The standard InChI is InChI=1S/C5H9NS/c1-6-2-5-3-7-4-5/h2,6H,3-4H2,1H3. The molecule has 40 valence electrons. The van der Waals surface area contributed by atoms with Gasteiger partial charge in [0.2, 0.25) is 0 Å². The maximum Gasteiger partial charge on any atom is 0.0172 e. The van der Waals surface area contributed by atoms with E-state index in [0.717, 1.165) is 0 Å². The number of nitrogens with one attached hydrogen (secondary N) is 1. The SMILES string of the molecule is CNC=C1CSC1. The third kappa shape index (κ3) is 1.13. The highest BCUT2D eigenvalue weighted by atomic mass is 32.2. The summed E-state index contributed by atoms with van der Waals surface area (Å²) in [5, 5.41) is 2.99. The first-order chi connectivity index (χ1) is 3.43. The lowest BCUT2D eigenvalue weighted by Crippen LogP contribution is -2.08. The summed E-state index contributed by atoms with van der Waals surface area (Å²) in [7, 11) is 1.94. The van der Waals surface area contributed by atoms with E-state index in [1.807, 2.05) is 18.8 Å². The quantitative estimate of drug-likeness (QED) is 0.543. The molecule has 1 aliphatic heterocycles. The Balaban J connectivity index is 2.23. The van der Waals surface area contributed by atoms with E-state index < -0.39 is 0 Å². The molecule has 0 atom stereocenters. The van der Waals surface area contributed by atoms with Gasteiger partial charge in [-0.05, 0) is 11.8 Å². The first kappa shape index (κ1) is 5.04. The predicted molar refractivity (Wildman–Crippen MR) is 34.5 cm³/mol. The minimum Gasteiger partial charge on any atom is -0.394 e. The summed E-state index contributed by atoms with van der Waals surface area (Å²) in [5.41, 5.74) is 1.53. The Bertz CT molecular complexity index is 82.1. The molecule has 1 rings (SSSR count). The summed E-state index contributed by atoms with van der Waals surface area (Å²) in [5.74, 6) is 2.47. The maximum atomic E-state index is 2.99. The van der Waals surface area contributed by atoms with Gasteiger partial charge >= 0.3 is 0 Å². The maximum absolute atomic E-state index is 2.99. The molecule has 0 spiro atoms. The van der Waals surface area contributed by atoms with E-state index in [0.29, 0.717) is 0 Å². The van der Waals surface area contributed by atoms with Crippen molar-refractivity contribution >= 4 is 11.8 Å². The smallest absolute Gasteiger partial charge is 0.0172 e. The molecule has 0 aromatic rings. The average molecular weight is 115 g/mol. The highest BCUT2D eigenvalue weighted by Crippen LogP contribution is 2.22. The molecule has 0 unspecified atom stereocenters.